The van der Waals surface area contributed by atoms with Crippen LogP contribution >= 0.6 is 0 Å². The topological polar surface area (TPSA) is 80.7 Å². The van der Waals surface area contributed by atoms with Gasteiger partial charge in [-0.3, -0.25) is 9.00 Å². The molecule has 0 radical (unpaired) electrons. The van der Waals surface area contributed by atoms with Gasteiger partial charge in [-0.25, -0.2) is 4.79 Å². The van der Waals surface area contributed by atoms with Crippen LogP contribution in [0.4, 0.5) is 0 Å². The summed E-state index contributed by atoms with van der Waals surface area (Å²) in [6.45, 7) is 0. The zero-order chi connectivity index (χ0) is 14.3. The SMILES string of the molecule is COC(=O)CCCS(=O)Cc1cccc(C(=O)O)c1. The third-order valence-corrected chi connectivity index (χ3v) is 3.88. The van der Waals surface area contributed by atoms with Crippen LogP contribution in [0.1, 0.15) is 28.8 Å². The first-order valence-electron chi connectivity index (χ1n) is 5.77. The molecule has 0 aromatic heterocycles. The normalized spacial score (nSPS) is 11.8. The number of carbonyl (C=O) groups is 2. The fraction of sp³-hybridized carbons (Fsp3) is 0.385. The van der Waals surface area contributed by atoms with E-state index < -0.39 is 16.8 Å². The van der Waals surface area contributed by atoms with Gasteiger partial charge in [-0.15, -0.1) is 0 Å². The monoisotopic (exact) mass is 284 g/mol. The van der Waals surface area contributed by atoms with Gasteiger partial charge in [0.1, 0.15) is 0 Å². The number of hydrogen-bond acceptors (Lipinski definition) is 4. The zero-order valence-corrected chi connectivity index (χ0v) is 11.4. The molecule has 1 aromatic carbocycles. The molecular weight excluding hydrogens is 268 g/mol. The average Bonchev–Trinajstić information content (AvgIpc) is 2.38. The number of carbonyl (C=O) groups excluding carboxylic acids is 1. The molecule has 0 saturated heterocycles. The van der Waals surface area contributed by atoms with Crippen LogP contribution in [0, 0.1) is 0 Å². The average molecular weight is 284 g/mol. The van der Waals surface area contributed by atoms with E-state index in [1.807, 2.05) is 0 Å². The summed E-state index contributed by atoms with van der Waals surface area (Å²) < 4.78 is 16.3. The lowest BCUT2D eigenvalue weighted by molar-refractivity contribution is -0.140. The van der Waals surface area contributed by atoms with Crippen molar-refractivity contribution in [2.45, 2.75) is 18.6 Å². The van der Waals surface area contributed by atoms with Crippen LogP contribution in [0.15, 0.2) is 24.3 Å². The Kier molecular flexibility index (Phi) is 6.21. The Morgan fingerprint density at radius 3 is 2.74 bits per heavy atom. The molecule has 0 bridgehead atoms. The molecule has 0 fully saturated rings. The molecule has 19 heavy (non-hydrogen) atoms. The Morgan fingerprint density at radius 2 is 2.11 bits per heavy atom. The van der Waals surface area contributed by atoms with Crippen molar-refractivity contribution in [3.05, 3.63) is 35.4 Å². The van der Waals surface area contributed by atoms with E-state index in [9.17, 15) is 13.8 Å². The number of methoxy groups -OCH3 is 1. The maximum atomic E-state index is 11.8. The van der Waals surface area contributed by atoms with Crippen molar-refractivity contribution in [2.75, 3.05) is 12.9 Å². The summed E-state index contributed by atoms with van der Waals surface area (Å²) in [4.78, 5) is 21.7. The van der Waals surface area contributed by atoms with Crippen LogP contribution in [0.3, 0.4) is 0 Å². The second-order valence-electron chi connectivity index (χ2n) is 3.97. The van der Waals surface area contributed by atoms with Crippen molar-refractivity contribution < 1.29 is 23.6 Å². The molecule has 0 aliphatic rings. The Balaban J connectivity index is 2.46. The largest absolute Gasteiger partial charge is 0.478 e. The minimum atomic E-state index is -1.11. The predicted molar refractivity (Wildman–Crippen MR) is 71.4 cm³/mol. The number of esters is 1. The molecule has 0 spiro atoms. The number of carboxylic acids is 1. The first kappa shape index (κ1) is 15.4. The summed E-state index contributed by atoms with van der Waals surface area (Å²) in [5, 5.41) is 8.85. The van der Waals surface area contributed by atoms with E-state index in [2.05, 4.69) is 4.74 Å². The van der Waals surface area contributed by atoms with Crippen molar-refractivity contribution in [2.24, 2.45) is 0 Å². The van der Waals surface area contributed by atoms with Crippen LogP contribution in [-0.2, 0) is 26.1 Å². The highest BCUT2D eigenvalue weighted by molar-refractivity contribution is 7.84. The first-order valence-corrected chi connectivity index (χ1v) is 7.25. The van der Waals surface area contributed by atoms with E-state index in [-0.39, 0.29) is 18.0 Å². The summed E-state index contributed by atoms with van der Waals surface area (Å²) in [5.41, 5.74) is 0.903. The zero-order valence-electron chi connectivity index (χ0n) is 10.6. The lowest BCUT2D eigenvalue weighted by Gasteiger charge is -2.03. The summed E-state index contributed by atoms with van der Waals surface area (Å²) >= 11 is 0. The third-order valence-electron chi connectivity index (χ3n) is 2.48. The van der Waals surface area contributed by atoms with Gasteiger partial charge in [0.25, 0.3) is 0 Å². The summed E-state index contributed by atoms with van der Waals surface area (Å²) in [6, 6.07) is 6.38. The number of hydrogen-bond donors (Lipinski definition) is 1. The summed E-state index contributed by atoms with van der Waals surface area (Å²) in [7, 11) is 0.205. The van der Waals surface area contributed by atoms with Crippen LogP contribution < -0.4 is 0 Å². The van der Waals surface area contributed by atoms with Gasteiger partial charge in [0.2, 0.25) is 0 Å². The molecule has 0 aliphatic heterocycles. The second-order valence-corrected chi connectivity index (χ2v) is 5.55. The second kappa shape index (κ2) is 7.68. The molecule has 1 N–H and O–H groups in total. The van der Waals surface area contributed by atoms with Gasteiger partial charge in [0.05, 0.1) is 12.7 Å². The standard InChI is InChI=1S/C13H16O5S/c1-18-12(14)6-3-7-19(17)9-10-4-2-5-11(8-10)13(15)16/h2,4-5,8H,3,6-7,9H2,1H3,(H,15,16). The Labute approximate surface area is 114 Å². The van der Waals surface area contributed by atoms with E-state index >= 15 is 0 Å². The van der Waals surface area contributed by atoms with Gasteiger partial charge >= 0.3 is 11.9 Å². The van der Waals surface area contributed by atoms with Crippen LogP contribution in [0.25, 0.3) is 0 Å². The minimum Gasteiger partial charge on any atom is -0.478 e. The lowest BCUT2D eigenvalue weighted by Crippen LogP contribution is -2.06. The van der Waals surface area contributed by atoms with Gasteiger partial charge in [0, 0.05) is 28.7 Å². The molecule has 104 valence electrons. The summed E-state index contributed by atoms with van der Waals surface area (Å²) in [5.74, 6) is -0.627. The van der Waals surface area contributed by atoms with Crippen molar-refractivity contribution in [3.63, 3.8) is 0 Å². The number of rotatable bonds is 7. The smallest absolute Gasteiger partial charge is 0.335 e. The van der Waals surface area contributed by atoms with Crippen molar-refractivity contribution in [1.82, 2.24) is 0 Å². The van der Waals surface area contributed by atoms with Gasteiger partial charge in [-0.1, -0.05) is 12.1 Å². The van der Waals surface area contributed by atoms with Crippen molar-refractivity contribution >= 4 is 22.7 Å². The Hall–Kier alpha value is -1.69. The minimum absolute atomic E-state index is 0.184. The van der Waals surface area contributed by atoms with Crippen LogP contribution in [-0.4, -0.2) is 34.1 Å². The molecule has 1 aromatic rings. The molecular formula is C13H16O5S. The fourth-order valence-corrected chi connectivity index (χ4v) is 2.69. The summed E-state index contributed by atoms with van der Waals surface area (Å²) in [6.07, 6.45) is 0.745. The first-order chi connectivity index (χ1) is 9.02. The van der Waals surface area contributed by atoms with E-state index in [1.165, 1.54) is 19.2 Å². The molecule has 0 aliphatic carbocycles. The molecule has 1 rings (SSSR count). The maximum absolute atomic E-state index is 11.8. The molecule has 0 amide bonds. The highest BCUT2D eigenvalue weighted by Gasteiger charge is 2.07. The van der Waals surface area contributed by atoms with Gasteiger partial charge in [-0.05, 0) is 24.1 Å². The maximum Gasteiger partial charge on any atom is 0.335 e. The molecule has 1 unspecified atom stereocenters. The highest BCUT2D eigenvalue weighted by atomic mass is 32.2. The molecule has 6 heteroatoms. The van der Waals surface area contributed by atoms with Crippen molar-refractivity contribution in [1.29, 1.82) is 0 Å². The predicted octanol–water partition coefficient (Wildman–Crippen LogP) is 1.59. The van der Waals surface area contributed by atoms with E-state index in [0.29, 0.717) is 17.9 Å². The van der Waals surface area contributed by atoms with Gasteiger partial charge < -0.3 is 9.84 Å². The molecule has 0 saturated carbocycles. The van der Waals surface area contributed by atoms with Gasteiger partial charge in [0.15, 0.2) is 0 Å². The third kappa shape index (κ3) is 5.65. The number of benzene rings is 1. The number of carboxylic acid groups (broad SMARTS) is 1. The number of ether oxygens (including phenoxy) is 1. The quantitative estimate of drug-likeness (QED) is 0.769. The number of aromatic carboxylic acids is 1. The van der Waals surface area contributed by atoms with Crippen molar-refractivity contribution in [3.8, 4) is 0 Å². The van der Waals surface area contributed by atoms with Gasteiger partial charge in [-0.2, -0.15) is 0 Å². The fourth-order valence-electron chi connectivity index (χ4n) is 1.53. The van der Waals surface area contributed by atoms with E-state index in [4.69, 9.17) is 5.11 Å². The van der Waals surface area contributed by atoms with Crippen LogP contribution in [0.5, 0.6) is 0 Å². The van der Waals surface area contributed by atoms with Crippen LogP contribution in [0.2, 0.25) is 0 Å². The molecule has 0 heterocycles. The molecule has 5 nitrogen and oxygen atoms in total. The highest BCUT2D eigenvalue weighted by Crippen LogP contribution is 2.09. The Morgan fingerprint density at radius 1 is 1.37 bits per heavy atom. The Bertz CT molecular complexity index is 484. The van der Waals surface area contributed by atoms with E-state index in [1.54, 1.807) is 12.1 Å². The molecule has 1 atom stereocenters. The lowest BCUT2D eigenvalue weighted by atomic mass is 10.1. The van der Waals surface area contributed by atoms with E-state index in [0.717, 1.165) is 5.56 Å².